The van der Waals surface area contributed by atoms with Crippen LogP contribution in [0.15, 0.2) is 42.9 Å². The molecule has 1 fully saturated rings. The monoisotopic (exact) mass is 362 g/mol. The predicted octanol–water partition coefficient (Wildman–Crippen LogP) is 4.20. The van der Waals surface area contributed by atoms with Crippen LogP contribution >= 0.6 is 11.3 Å². The average molecular weight is 362 g/mol. The van der Waals surface area contributed by atoms with Gasteiger partial charge in [0.25, 0.3) is 0 Å². The van der Waals surface area contributed by atoms with Crippen LogP contribution in [0.25, 0.3) is 0 Å². The standard InChI is InChI=1S/C19H18N6S/c1-13-4-2-5-14(8-13)16-6-3-7-25(16)18-12-21-11-17(23-18)24-19-22-10-15(9-20)26-19/h2,4-5,8,10-12,16H,3,6-7H2,1H3,(H,22,23,24). The van der Waals surface area contributed by atoms with Crippen LogP contribution in [0.1, 0.15) is 34.9 Å². The molecule has 130 valence electrons. The Morgan fingerprint density at radius 2 is 2.23 bits per heavy atom. The summed E-state index contributed by atoms with van der Waals surface area (Å²) in [7, 11) is 0. The minimum absolute atomic E-state index is 0.324. The van der Waals surface area contributed by atoms with Crippen LogP contribution in [0.3, 0.4) is 0 Å². The Labute approximate surface area is 156 Å². The summed E-state index contributed by atoms with van der Waals surface area (Å²) in [5.74, 6) is 1.49. The topological polar surface area (TPSA) is 77.7 Å². The lowest BCUT2D eigenvalue weighted by Crippen LogP contribution is -2.24. The normalized spacial score (nSPS) is 16.5. The predicted molar refractivity (Wildman–Crippen MR) is 103 cm³/mol. The molecule has 0 aliphatic carbocycles. The van der Waals surface area contributed by atoms with Crippen LogP contribution in [0.2, 0.25) is 0 Å². The van der Waals surface area contributed by atoms with E-state index in [9.17, 15) is 0 Å². The van der Waals surface area contributed by atoms with Crippen molar-refractivity contribution in [2.45, 2.75) is 25.8 Å². The van der Waals surface area contributed by atoms with Crippen molar-refractivity contribution in [3.63, 3.8) is 0 Å². The number of nitriles is 1. The summed E-state index contributed by atoms with van der Waals surface area (Å²) in [5, 5.41) is 12.7. The summed E-state index contributed by atoms with van der Waals surface area (Å²) in [5.41, 5.74) is 2.59. The first-order valence-electron chi connectivity index (χ1n) is 8.51. The zero-order valence-corrected chi connectivity index (χ0v) is 15.2. The van der Waals surface area contributed by atoms with Crippen molar-refractivity contribution in [3.05, 3.63) is 58.9 Å². The molecule has 3 aromatic rings. The number of rotatable bonds is 4. The van der Waals surface area contributed by atoms with E-state index in [-0.39, 0.29) is 0 Å². The lowest BCUT2D eigenvalue weighted by Gasteiger charge is -2.26. The molecule has 6 nitrogen and oxygen atoms in total. The van der Waals surface area contributed by atoms with Crippen LogP contribution < -0.4 is 10.2 Å². The van der Waals surface area contributed by atoms with Gasteiger partial charge in [-0.05, 0) is 25.3 Å². The summed E-state index contributed by atoms with van der Waals surface area (Å²) in [6, 6.07) is 11.1. The smallest absolute Gasteiger partial charge is 0.189 e. The number of hydrogen-bond acceptors (Lipinski definition) is 7. The quantitative estimate of drug-likeness (QED) is 0.749. The van der Waals surface area contributed by atoms with Gasteiger partial charge in [-0.2, -0.15) is 5.26 Å². The maximum atomic E-state index is 8.92. The molecule has 1 aromatic carbocycles. The summed E-state index contributed by atoms with van der Waals surface area (Å²) in [4.78, 5) is 16.1. The number of hydrogen-bond donors (Lipinski definition) is 1. The van der Waals surface area contributed by atoms with E-state index in [4.69, 9.17) is 10.2 Å². The minimum atomic E-state index is 0.324. The van der Waals surface area contributed by atoms with Gasteiger partial charge in [0, 0.05) is 6.54 Å². The van der Waals surface area contributed by atoms with E-state index in [0.717, 1.165) is 25.2 Å². The molecule has 1 N–H and O–H groups in total. The Morgan fingerprint density at radius 3 is 3.04 bits per heavy atom. The second-order valence-corrected chi connectivity index (χ2v) is 7.33. The van der Waals surface area contributed by atoms with Gasteiger partial charge in [-0.25, -0.2) is 9.97 Å². The molecule has 0 radical (unpaired) electrons. The van der Waals surface area contributed by atoms with Gasteiger partial charge in [0.05, 0.1) is 24.6 Å². The molecule has 26 heavy (non-hydrogen) atoms. The Morgan fingerprint density at radius 1 is 1.31 bits per heavy atom. The second kappa shape index (κ2) is 7.10. The molecular weight excluding hydrogens is 344 g/mol. The molecule has 3 heterocycles. The highest BCUT2D eigenvalue weighted by Gasteiger charge is 2.27. The molecule has 1 atom stereocenters. The molecule has 1 saturated heterocycles. The van der Waals surface area contributed by atoms with Crippen molar-refractivity contribution >= 4 is 28.1 Å². The summed E-state index contributed by atoms with van der Waals surface area (Å²) in [6.45, 7) is 3.09. The van der Waals surface area contributed by atoms with Gasteiger partial charge in [-0.1, -0.05) is 41.2 Å². The van der Waals surface area contributed by atoms with E-state index in [1.807, 2.05) is 6.20 Å². The lowest BCUT2D eigenvalue weighted by molar-refractivity contribution is 0.710. The second-order valence-electron chi connectivity index (χ2n) is 6.29. The van der Waals surface area contributed by atoms with Gasteiger partial charge in [-0.3, -0.25) is 4.98 Å². The number of thiazole rings is 1. The van der Waals surface area contributed by atoms with Crippen LogP contribution in [0.4, 0.5) is 16.8 Å². The first kappa shape index (κ1) is 16.5. The molecule has 1 aliphatic heterocycles. The summed E-state index contributed by atoms with van der Waals surface area (Å²) in [6.07, 6.45) is 7.28. The first-order valence-corrected chi connectivity index (χ1v) is 9.33. The van der Waals surface area contributed by atoms with Crippen molar-refractivity contribution in [2.75, 3.05) is 16.8 Å². The molecule has 7 heteroatoms. The lowest BCUT2D eigenvalue weighted by atomic mass is 10.0. The van der Waals surface area contributed by atoms with E-state index < -0.39 is 0 Å². The third-order valence-corrected chi connectivity index (χ3v) is 5.26. The number of aromatic nitrogens is 3. The Kier molecular flexibility index (Phi) is 4.50. The number of nitrogens with one attached hydrogen (secondary N) is 1. The molecular formula is C19H18N6S. The van der Waals surface area contributed by atoms with Crippen LogP contribution in [0, 0.1) is 18.3 Å². The van der Waals surface area contributed by atoms with Crippen molar-refractivity contribution in [2.24, 2.45) is 0 Å². The maximum absolute atomic E-state index is 8.92. The van der Waals surface area contributed by atoms with Gasteiger partial charge >= 0.3 is 0 Å². The Balaban J connectivity index is 1.58. The Bertz CT molecular complexity index is 960. The van der Waals surface area contributed by atoms with E-state index in [1.165, 1.54) is 22.5 Å². The van der Waals surface area contributed by atoms with Crippen molar-refractivity contribution in [1.82, 2.24) is 15.0 Å². The first-order chi connectivity index (χ1) is 12.7. The van der Waals surface area contributed by atoms with Crippen LogP contribution in [-0.4, -0.2) is 21.5 Å². The molecule has 4 rings (SSSR count). The van der Waals surface area contributed by atoms with Crippen molar-refractivity contribution in [1.29, 1.82) is 5.26 Å². The fraction of sp³-hybridized carbons (Fsp3) is 0.263. The molecule has 0 spiro atoms. The minimum Gasteiger partial charge on any atom is -0.348 e. The highest BCUT2D eigenvalue weighted by molar-refractivity contribution is 7.16. The number of benzene rings is 1. The number of aryl methyl sites for hydroxylation is 1. The van der Waals surface area contributed by atoms with Crippen molar-refractivity contribution in [3.8, 4) is 6.07 Å². The largest absolute Gasteiger partial charge is 0.348 e. The third-order valence-electron chi connectivity index (χ3n) is 4.45. The molecule has 0 bridgehead atoms. The molecule has 0 saturated carbocycles. The molecule has 1 unspecified atom stereocenters. The van der Waals surface area contributed by atoms with Crippen LogP contribution in [-0.2, 0) is 0 Å². The van der Waals surface area contributed by atoms with E-state index in [1.54, 1.807) is 12.4 Å². The van der Waals surface area contributed by atoms with Gasteiger partial charge in [0.2, 0.25) is 0 Å². The van der Waals surface area contributed by atoms with Gasteiger partial charge < -0.3 is 10.2 Å². The van der Waals surface area contributed by atoms with Gasteiger partial charge in [0.1, 0.15) is 16.8 Å². The zero-order valence-electron chi connectivity index (χ0n) is 14.4. The van der Waals surface area contributed by atoms with Gasteiger partial charge in [0.15, 0.2) is 10.9 Å². The number of anilines is 3. The van der Waals surface area contributed by atoms with E-state index in [0.29, 0.717) is 21.9 Å². The van der Waals surface area contributed by atoms with Crippen LogP contribution in [0.5, 0.6) is 0 Å². The molecule has 1 aliphatic rings. The maximum Gasteiger partial charge on any atom is 0.189 e. The highest BCUT2D eigenvalue weighted by Crippen LogP contribution is 2.35. The third kappa shape index (κ3) is 3.37. The van der Waals surface area contributed by atoms with Crippen molar-refractivity contribution < 1.29 is 0 Å². The molecule has 2 aromatic heterocycles. The van der Waals surface area contributed by atoms with E-state index >= 15 is 0 Å². The molecule has 0 amide bonds. The number of nitrogens with zero attached hydrogens (tertiary/aromatic N) is 5. The van der Waals surface area contributed by atoms with E-state index in [2.05, 4.69) is 57.4 Å². The fourth-order valence-electron chi connectivity index (χ4n) is 3.31. The SMILES string of the molecule is Cc1cccc(C2CCCN2c2cncc(Nc3ncc(C#N)s3)n2)c1. The summed E-state index contributed by atoms with van der Waals surface area (Å²) >= 11 is 1.30. The zero-order chi connectivity index (χ0) is 17.9. The summed E-state index contributed by atoms with van der Waals surface area (Å²) < 4.78 is 0. The Hall–Kier alpha value is -2.98. The highest BCUT2D eigenvalue weighted by atomic mass is 32.1. The van der Waals surface area contributed by atoms with Gasteiger partial charge in [-0.15, -0.1) is 0 Å². The fourth-order valence-corrected chi connectivity index (χ4v) is 3.93. The average Bonchev–Trinajstić information content (AvgIpc) is 3.31.